The summed E-state index contributed by atoms with van der Waals surface area (Å²) in [5, 5.41) is 12.0. The van der Waals surface area contributed by atoms with Crippen molar-refractivity contribution in [1.29, 1.82) is 0 Å². The first-order valence-corrected chi connectivity index (χ1v) is 10.4. The molecule has 162 valence electrons. The Balaban J connectivity index is 2.18. The first-order chi connectivity index (χ1) is 14.1. The summed E-state index contributed by atoms with van der Waals surface area (Å²) in [4.78, 5) is 24.2. The van der Waals surface area contributed by atoms with Crippen LogP contribution in [0.2, 0.25) is 5.02 Å². The molecular formula is C23H27ClNO5-. The number of carboxylic acid groups (broad SMARTS) is 1. The van der Waals surface area contributed by atoms with Crippen LogP contribution < -0.4 is 15.3 Å². The lowest BCUT2D eigenvalue weighted by molar-refractivity contribution is -0.255. The fraction of sp³-hybridized carbons (Fsp3) is 0.478. The molecule has 6 nitrogen and oxygen atoms in total. The van der Waals surface area contributed by atoms with Gasteiger partial charge >= 0.3 is 0 Å². The highest BCUT2D eigenvalue weighted by Crippen LogP contribution is 2.45. The van der Waals surface area contributed by atoms with E-state index in [1.807, 2.05) is 10.6 Å². The Hall–Kier alpha value is -2.31. The quantitative estimate of drug-likeness (QED) is 0.653. The van der Waals surface area contributed by atoms with Crippen molar-refractivity contribution < 1.29 is 19.4 Å². The van der Waals surface area contributed by atoms with Crippen molar-refractivity contribution in [3.63, 3.8) is 0 Å². The lowest BCUT2D eigenvalue weighted by Gasteiger charge is -2.40. The van der Waals surface area contributed by atoms with Crippen LogP contribution in [0.25, 0.3) is 11.3 Å². The summed E-state index contributed by atoms with van der Waals surface area (Å²) in [6.45, 7) is 9.02. The summed E-state index contributed by atoms with van der Waals surface area (Å²) in [6.07, 6.45) is 2.83. The minimum Gasteiger partial charge on any atom is -0.545 e. The first kappa shape index (κ1) is 22.4. The van der Waals surface area contributed by atoms with Gasteiger partial charge in [-0.15, -0.1) is 0 Å². The van der Waals surface area contributed by atoms with Gasteiger partial charge in [-0.25, -0.2) is 0 Å². The van der Waals surface area contributed by atoms with Crippen molar-refractivity contribution in [2.75, 3.05) is 20.3 Å². The van der Waals surface area contributed by atoms with E-state index in [2.05, 4.69) is 20.8 Å². The van der Waals surface area contributed by atoms with Gasteiger partial charge < -0.3 is 23.9 Å². The zero-order valence-corrected chi connectivity index (χ0v) is 18.8. The molecule has 0 spiro atoms. The number of aromatic carboxylic acids is 1. The maximum atomic E-state index is 12.7. The molecule has 0 fully saturated rings. The van der Waals surface area contributed by atoms with E-state index in [1.54, 1.807) is 20.1 Å². The Kier molecular flexibility index (Phi) is 6.29. The second-order valence-electron chi connectivity index (χ2n) is 8.76. The van der Waals surface area contributed by atoms with Crippen LogP contribution in [0.4, 0.5) is 0 Å². The molecule has 1 aliphatic heterocycles. The average Bonchev–Trinajstić information content (AvgIpc) is 2.66. The molecule has 2 aromatic rings. The predicted molar refractivity (Wildman–Crippen MR) is 114 cm³/mol. The van der Waals surface area contributed by atoms with E-state index in [0.29, 0.717) is 41.7 Å². The molecule has 0 saturated heterocycles. The highest BCUT2D eigenvalue weighted by molar-refractivity contribution is 6.32. The molecule has 1 aromatic heterocycles. The number of pyridine rings is 1. The Bertz CT molecular complexity index is 1040. The van der Waals surface area contributed by atoms with Crippen molar-refractivity contribution >= 4 is 17.6 Å². The summed E-state index contributed by atoms with van der Waals surface area (Å²) in [7, 11) is 1.64. The molecule has 3 rings (SSSR count). The predicted octanol–water partition coefficient (Wildman–Crippen LogP) is 3.40. The van der Waals surface area contributed by atoms with Gasteiger partial charge in [-0.2, -0.15) is 0 Å². The summed E-state index contributed by atoms with van der Waals surface area (Å²) in [5.74, 6) is -0.867. The smallest absolute Gasteiger partial charge is 0.194 e. The van der Waals surface area contributed by atoms with Crippen molar-refractivity contribution in [2.45, 2.75) is 46.6 Å². The van der Waals surface area contributed by atoms with Crippen LogP contribution in [0.1, 0.15) is 54.7 Å². The topological polar surface area (TPSA) is 80.6 Å². The van der Waals surface area contributed by atoms with Crippen LogP contribution in [-0.4, -0.2) is 30.9 Å². The lowest BCUT2D eigenvalue weighted by Crippen LogP contribution is -2.36. The third kappa shape index (κ3) is 4.12. The monoisotopic (exact) mass is 432 g/mol. The van der Waals surface area contributed by atoms with Gasteiger partial charge in [0.1, 0.15) is 5.75 Å². The van der Waals surface area contributed by atoms with Gasteiger partial charge in [0.15, 0.2) is 5.43 Å². The SMILES string of the molecule is COCCCOc1cc2c(cc1Cl)-c1c(C)c(=O)c(C(=O)[O-])cn1C(C(C)(C)C)C2. The van der Waals surface area contributed by atoms with Crippen LogP contribution in [0.3, 0.4) is 0 Å². The van der Waals surface area contributed by atoms with Gasteiger partial charge in [0.25, 0.3) is 0 Å². The normalized spacial score (nSPS) is 15.5. The fourth-order valence-electron chi connectivity index (χ4n) is 4.01. The number of carbonyl (C=O) groups excluding carboxylic acids is 1. The molecule has 0 bridgehead atoms. The van der Waals surface area contributed by atoms with Crippen molar-refractivity contribution in [3.8, 4) is 17.0 Å². The molecule has 1 aliphatic rings. The largest absolute Gasteiger partial charge is 0.545 e. The Labute approximate surface area is 181 Å². The number of benzene rings is 1. The lowest BCUT2D eigenvalue weighted by atomic mass is 9.78. The van der Waals surface area contributed by atoms with Gasteiger partial charge in [0.2, 0.25) is 0 Å². The molecule has 2 heterocycles. The number of methoxy groups -OCH3 is 1. The second-order valence-corrected chi connectivity index (χ2v) is 9.17. The highest BCUT2D eigenvalue weighted by Gasteiger charge is 2.34. The number of aromatic nitrogens is 1. The molecule has 1 atom stereocenters. The molecule has 0 N–H and O–H groups in total. The molecule has 1 aromatic carbocycles. The number of hydrogen-bond donors (Lipinski definition) is 0. The van der Waals surface area contributed by atoms with E-state index >= 15 is 0 Å². The van der Waals surface area contributed by atoms with Crippen molar-refractivity contribution in [1.82, 2.24) is 4.57 Å². The van der Waals surface area contributed by atoms with Gasteiger partial charge in [-0.05, 0) is 36.5 Å². The molecule has 30 heavy (non-hydrogen) atoms. The zero-order chi connectivity index (χ0) is 22.2. The molecule has 0 saturated carbocycles. The van der Waals surface area contributed by atoms with Gasteiger partial charge in [-0.3, -0.25) is 4.79 Å². The third-order valence-corrected chi connectivity index (χ3v) is 5.89. The molecule has 7 heteroatoms. The fourth-order valence-corrected chi connectivity index (χ4v) is 4.23. The Morgan fingerprint density at radius 3 is 2.60 bits per heavy atom. The van der Waals surface area contributed by atoms with Crippen LogP contribution in [0.15, 0.2) is 23.1 Å². The van der Waals surface area contributed by atoms with E-state index in [4.69, 9.17) is 21.1 Å². The van der Waals surface area contributed by atoms with Crippen molar-refractivity contribution in [3.05, 3.63) is 50.3 Å². The number of rotatable bonds is 6. The minimum atomic E-state index is -1.46. The standard InChI is InChI=1S/C23H28ClNO5/c1-13-20-15-11-17(24)18(30-8-6-7-29-5)9-14(15)10-19(23(2,3)4)25(20)12-16(21(13)26)22(27)28/h9,11-12,19H,6-8,10H2,1-5H3,(H,27,28)/p-1. The minimum absolute atomic E-state index is 0.0556. The second kappa shape index (κ2) is 8.44. The molecule has 1 unspecified atom stereocenters. The van der Waals surface area contributed by atoms with Crippen LogP contribution in [-0.2, 0) is 11.2 Å². The van der Waals surface area contributed by atoms with Crippen LogP contribution in [0.5, 0.6) is 5.75 Å². The number of halogens is 1. The van der Waals surface area contributed by atoms with E-state index < -0.39 is 11.4 Å². The summed E-state index contributed by atoms with van der Waals surface area (Å²) < 4.78 is 12.8. The maximum absolute atomic E-state index is 12.7. The molecular weight excluding hydrogens is 406 g/mol. The summed E-state index contributed by atoms with van der Waals surface area (Å²) in [6, 6.07) is 3.68. The van der Waals surface area contributed by atoms with Gasteiger partial charge in [-0.1, -0.05) is 32.4 Å². The molecule has 0 amide bonds. The average molecular weight is 433 g/mol. The summed E-state index contributed by atoms with van der Waals surface area (Å²) in [5.41, 5.74) is 1.87. The Morgan fingerprint density at radius 1 is 1.30 bits per heavy atom. The van der Waals surface area contributed by atoms with E-state index in [9.17, 15) is 14.7 Å². The van der Waals surface area contributed by atoms with E-state index in [-0.39, 0.29) is 17.0 Å². The number of fused-ring (bicyclic) bond motifs is 3. The van der Waals surface area contributed by atoms with Gasteiger partial charge in [0, 0.05) is 43.5 Å². The third-order valence-electron chi connectivity index (χ3n) is 5.60. The summed E-state index contributed by atoms with van der Waals surface area (Å²) >= 11 is 6.49. The maximum Gasteiger partial charge on any atom is 0.194 e. The zero-order valence-electron chi connectivity index (χ0n) is 18.0. The molecule has 0 aliphatic carbocycles. The first-order valence-electron chi connectivity index (χ1n) is 9.97. The number of carbonyl (C=O) groups is 1. The Morgan fingerprint density at radius 2 is 2.00 bits per heavy atom. The van der Waals surface area contributed by atoms with Crippen molar-refractivity contribution in [2.24, 2.45) is 5.41 Å². The number of nitrogens with zero attached hydrogens (tertiary/aromatic N) is 1. The van der Waals surface area contributed by atoms with E-state index in [1.165, 1.54) is 6.20 Å². The van der Waals surface area contributed by atoms with Crippen LogP contribution in [0, 0.1) is 12.3 Å². The van der Waals surface area contributed by atoms with Crippen LogP contribution >= 0.6 is 11.6 Å². The highest BCUT2D eigenvalue weighted by atomic mass is 35.5. The van der Waals surface area contributed by atoms with E-state index in [0.717, 1.165) is 17.5 Å². The number of ether oxygens (including phenoxy) is 2. The van der Waals surface area contributed by atoms with Gasteiger partial charge in [0.05, 0.1) is 28.9 Å². The molecule has 0 radical (unpaired) electrons. The number of hydrogen-bond acceptors (Lipinski definition) is 5. The number of carboxylic acids is 1.